The van der Waals surface area contributed by atoms with Gasteiger partial charge in [-0.25, -0.2) is 0 Å². The summed E-state index contributed by atoms with van der Waals surface area (Å²) in [4.78, 5) is 12.2. The van der Waals surface area contributed by atoms with Crippen LogP contribution in [0.2, 0.25) is 0 Å². The molecule has 1 N–H and O–H groups in total. The SMILES string of the molecule is O=C(CC1CCNCC1)c1ccccc1OC(F)(F)F. The molecular weight excluding hydrogens is 271 g/mol. The molecule has 0 aliphatic carbocycles. The van der Waals surface area contributed by atoms with Crippen LogP contribution in [0.1, 0.15) is 29.6 Å². The minimum atomic E-state index is -4.79. The van der Waals surface area contributed by atoms with Gasteiger partial charge in [-0.2, -0.15) is 0 Å². The standard InChI is InChI=1S/C14H16F3NO2/c15-14(16,17)20-13-4-2-1-3-11(13)12(19)9-10-5-7-18-8-6-10/h1-4,10,18H,5-9H2. The van der Waals surface area contributed by atoms with Crippen molar-refractivity contribution in [2.75, 3.05) is 13.1 Å². The lowest BCUT2D eigenvalue weighted by Gasteiger charge is -2.22. The summed E-state index contributed by atoms with van der Waals surface area (Å²) in [5.74, 6) is -0.488. The molecule has 0 saturated carbocycles. The smallest absolute Gasteiger partial charge is 0.405 e. The van der Waals surface area contributed by atoms with Crippen LogP contribution in [0.15, 0.2) is 24.3 Å². The highest BCUT2D eigenvalue weighted by molar-refractivity contribution is 5.98. The lowest BCUT2D eigenvalue weighted by atomic mass is 9.90. The van der Waals surface area contributed by atoms with Crippen LogP contribution in [0.5, 0.6) is 5.75 Å². The number of nitrogens with one attached hydrogen (secondary N) is 1. The van der Waals surface area contributed by atoms with Crippen LogP contribution in [-0.4, -0.2) is 25.2 Å². The highest BCUT2D eigenvalue weighted by atomic mass is 19.4. The van der Waals surface area contributed by atoms with Crippen molar-refractivity contribution in [3.8, 4) is 5.75 Å². The van der Waals surface area contributed by atoms with Crippen molar-refractivity contribution < 1.29 is 22.7 Å². The zero-order chi connectivity index (χ0) is 14.6. The Balaban J connectivity index is 2.08. The van der Waals surface area contributed by atoms with Gasteiger partial charge in [0, 0.05) is 6.42 Å². The van der Waals surface area contributed by atoms with Gasteiger partial charge in [-0.05, 0) is 44.0 Å². The van der Waals surface area contributed by atoms with E-state index in [4.69, 9.17) is 0 Å². The number of carbonyl (C=O) groups excluding carboxylic acids is 1. The molecule has 2 rings (SSSR count). The first-order chi connectivity index (χ1) is 9.46. The summed E-state index contributed by atoms with van der Waals surface area (Å²) in [7, 11) is 0. The molecule has 1 aromatic carbocycles. The molecule has 0 radical (unpaired) electrons. The zero-order valence-corrected chi connectivity index (χ0v) is 10.9. The van der Waals surface area contributed by atoms with E-state index in [0.717, 1.165) is 25.9 Å². The van der Waals surface area contributed by atoms with Crippen LogP contribution in [0.3, 0.4) is 0 Å². The van der Waals surface area contributed by atoms with Gasteiger partial charge in [0.2, 0.25) is 0 Å². The van der Waals surface area contributed by atoms with Crippen molar-refractivity contribution in [3.63, 3.8) is 0 Å². The van der Waals surface area contributed by atoms with Crippen LogP contribution in [0, 0.1) is 5.92 Å². The first-order valence-electron chi connectivity index (χ1n) is 6.54. The average Bonchev–Trinajstić information content (AvgIpc) is 2.38. The van der Waals surface area contributed by atoms with E-state index in [-0.39, 0.29) is 23.7 Å². The van der Waals surface area contributed by atoms with E-state index in [2.05, 4.69) is 10.1 Å². The topological polar surface area (TPSA) is 38.3 Å². The van der Waals surface area contributed by atoms with E-state index in [0.29, 0.717) is 0 Å². The first-order valence-corrected chi connectivity index (χ1v) is 6.54. The number of benzene rings is 1. The molecule has 3 nitrogen and oxygen atoms in total. The van der Waals surface area contributed by atoms with E-state index in [1.165, 1.54) is 18.2 Å². The highest BCUT2D eigenvalue weighted by Crippen LogP contribution is 2.28. The Labute approximate surface area is 115 Å². The molecule has 20 heavy (non-hydrogen) atoms. The lowest BCUT2D eigenvalue weighted by molar-refractivity contribution is -0.274. The Morgan fingerprint density at radius 3 is 2.55 bits per heavy atom. The number of alkyl halides is 3. The number of hydrogen-bond acceptors (Lipinski definition) is 3. The number of carbonyl (C=O) groups is 1. The third-order valence-corrected chi connectivity index (χ3v) is 3.35. The molecule has 6 heteroatoms. The second-order valence-corrected chi connectivity index (χ2v) is 4.86. The third-order valence-electron chi connectivity index (χ3n) is 3.35. The molecule has 0 aromatic heterocycles. The Bertz CT molecular complexity index is 468. The van der Waals surface area contributed by atoms with Gasteiger partial charge in [-0.15, -0.1) is 13.2 Å². The fourth-order valence-electron chi connectivity index (χ4n) is 2.37. The maximum atomic E-state index is 12.3. The van der Waals surface area contributed by atoms with Crippen molar-refractivity contribution in [2.45, 2.75) is 25.6 Å². The minimum absolute atomic E-state index is 0.00311. The van der Waals surface area contributed by atoms with E-state index < -0.39 is 12.1 Å². The van der Waals surface area contributed by atoms with Gasteiger partial charge in [0.1, 0.15) is 5.75 Å². The molecule has 0 amide bonds. The summed E-state index contributed by atoms with van der Waals surface area (Å²) in [5, 5.41) is 3.19. The van der Waals surface area contributed by atoms with Gasteiger partial charge in [-0.3, -0.25) is 4.79 Å². The maximum absolute atomic E-state index is 12.3. The van der Waals surface area contributed by atoms with Crippen molar-refractivity contribution in [2.24, 2.45) is 5.92 Å². The molecule has 0 bridgehead atoms. The fraction of sp³-hybridized carbons (Fsp3) is 0.500. The molecule has 0 atom stereocenters. The third kappa shape index (κ3) is 4.23. The summed E-state index contributed by atoms with van der Waals surface area (Å²) in [6, 6.07) is 5.51. The van der Waals surface area contributed by atoms with Gasteiger partial charge in [0.15, 0.2) is 5.78 Å². The molecule has 1 aromatic rings. The number of piperidine rings is 1. The van der Waals surface area contributed by atoms with Crippen LogP contribution in [0.25, 0.3) is 0 Å². The van der Waals surface area contributed by atoms with Crippen LogP contribution < -0.4 is 10.1 Å². The average molecular weight is 287 g/mol. The van der Waals surface area contributed by atoms with Crippen LogP contribution >= 0.6 is 0 Å². The van der Waals surface area contributed by atoms with Crippen molar-refractivity contribution >= 4 is 5.78 Å². The Hall–Kier alpha value is -1.56. The predicted octanol–water partition coefficient (Wildman–Crippen LogP) is 3.16. The molecule has 1 saturated heterocycles. The first kappa shape index (κ1) is 14.8. The second-order valence-electron chi connectivity index (χ2n) is 4.86. The molecule has 0 spiro atoms. The number of hydrogen-bond donors (Lipinski definition) is 1. The molecule has 1 aliphatic rings. The quantitative estimate of drug-likeness (QED) is 0.864. The lowest BCUT2D eigenvalue weighted by Crippen LogP contribution is -2.29. The second kappa shape index (κ2) is 6.26. The van der Waals surface area contributed by atoms with Gasteiger partial charge in [0.25, 0.3) is 0 Å². The van der Waals surface area contributed by atoms with Gasteiger partial charge >= 0.3 is 6.36 Å². The van der Waals surface area contributed by atoms with Gasteiger partial charge < -0.3 is 10.1 Å². The Kier molecular flexibility index (Phi) is 4.65. The molecule has 0 unspecified atom stereocenters. The number of rotatable bonds is 4. The summed E-state index contributed by atoms with van der Waals surface area (Å²) in [5.41, 5.74) is 0.00311. The van der Waals surface area contributed by atoms with Crippen molar-refractivity contribution in [3.05, 3.63) is 29.8 Å². The minimum Gasteiger partial charge on any atom is -0.405 e. The van der Waals surface area contributed by atoms with E-state index in [1.54, 1.807) is 6.07 Å². The highest BCUT2D eigenvalue weighted by Gasteiger charge is 2.33. The maximum Gasteiger partial charge on any atom is 0.573 e. The molecule has 1 fully saturated rings. The monoisotopic (exact) mass is 287 g/mol. The number of ketones is 1. The van der Waals surface area contributed by atoms with E-state index in [1.807, 2.05) is 0 Å². The number of para-hydroxylation sites is 1. The van der Waals surface area contributed by atoms with Gasteiger partial charge in [0.05, 0.1) is 5.56 Å². The van der Waals surface area contributed by atoms with Crippen LogP contribution in [0.4, 0.5) is 13.2 Å². The summed E-state index contributed by atoms with van der Waals surface area (Å²) < 4.78 is 40.8. The normalized spacial score (nSPS) is 16.9. The number of ether oxygens (including phenoxy) is 1. The van der Waals surface area contributed by atoms with E-state index >= 15 is 0 Å². The largest absolute Gasteiger partial charge is 0.573 e. The number of halogens is 3. The molecule has 1 aliphatic heterocycles. The Morgan fingerprint density at radius 1 is 1.25 bits per heavy atom. The Morgan fingerprint density at radius 2 is 1.90 bits per heavy atom. The van der Waals surface area contributed by atoms with Crippen LogP contribution in [-0.2, 0) is 0 Å². The summed E-state index contributed by atoms with van der Waals surface area (Å²) >= 11 is 0. The molecule has 110 valence electrons. The van der Waals surface area contributed by atoms with Crippen molar-refractivity contribution in [1.29, 1.82) is 0 Å². The van der Waals surface area contributed by atoms with Gasteiger partial charge in [-0.1, -0.05) is 12.1 Å². The molecule has 1 heterocycles. The summed E-state index contributed by atoms with van der Waals surface area (Å²) in [6.07, 6.45) is -2.78. The van der Waals surface area contributed by atoms with E-state index in [9.17, 15) is 18.0 Å². The zero-order valence-electron chi connectivity index (χ0n) is 10.9. The fourth-order valence-corrected chi connectivity index (χ4v) is 2.37. The summed E-state index contributed by atoms with van der Waals surface area (Å²) in [6.45, 7) is 1.69. The predicted molar refractivity (Wildman–Crippen MR) is 67.7 cm³/mol. The molecular formula is C14H16F3NO2. The van der Waals surface area contributed by atoms with Crippen molar-refractivity contribution in [1.82, 2.24) is 5.32 Å². The number of Topliss-reactive ketones (excluding diaryl/α,β-unsaturated/α-hetero) is 1.